The summed E-state index contributed by atoms with van der Waals surface area (Å²) in [6, 6.07) is 4.16. The Morgan fingerprint density at radius 3 is 2.54 bits per heavy atom. The molecule has 0 saturated carbocycles. The van der Waals surface area contributed by atoms with Gasteiger partial charge in [0, 0.05) is 50.7 Å². The lowest BCUT2D eigenvalue weighted by atomic mass is 10.0. The highest BCUT2D eigenvalue weighted by molar-refractivity contribution is 5.83. The predicted molar refractivity (Wildman–Crippen MR) is 101 cm³/mol. The third-order valence-corrected chi connectivity index (χ3v) is 5.50. The first kappa shape index (κ1) is 18.8. The van der Waals surface area contributed by atoms with Gasteiger partial charge in [0.2, 0.25) is 11.8 Å². The maximum atomic E-state index is 12.7. The molecule has 142 valence electrons. The highest BCUT2D eigenvalue weighted by atomic mass is 16.2. The maximum absolute atomic E-state index is 12.7. The van der Waals surface area contributed by atoms with Gasteiger partial charge in [0.05, 0.1) is 12.5 Å². The van der Waals surface area contributed by atoms with Crippen molar-refractivity contribution in [2.45, 2.75) is 52.1 Å². The number of carbonyl (C=O) groups excluding carboxylic acids is 2. The third-order valence-electron chi connectivity index (χ3n) is 5.50. The Balaban J connectivity index is 1.53. The van der Waals surface area contributed by atoms with Gasteiger partial charge in [-0.3, -0.25) is 19.5 Å². The largest absolute Gasteiger partial charge is 0.340 e. The molecule has 0 aromatic carbocycles. The van der Waals surface area contributed by atoms with Crippen molar-refractivity contribution in [3.8, 4) is 0 Å². The maximum Gasteiger partial charge on any atom is 0.240 e. The molecule has 26 heavy (non-hydrogen) atoms. The van der Waals surface area contributed by atoms with Crippen molar-refractivity contribution < 1.29 is 9.59 Å². The first-order chi connectivity index (χ1) is 12.5. The number of piperazine rings is 1. The normalized spacial score (nSPS) is 22.2. The van der Waals surface area contributed by atoms with Crippen LogP contribution in [-0.2, 0) is 16.0 Å². The Labute approximate surface area is 156 Å². The van der Waals surface area contributed by atoms with E-state index in [-0.39, 0.29) is 23.9 Å². The van der Waals surface area contributed by atoms with Gasteiger partial charge in [0.1, 0.15) is 0 Å². The molecular weight excluding hydrogens is 328 g/mol. The summed E-state index contributed by atoms with van der Waals surface area (Å²) in [5.74, 6) is 0.408. The summed E-state index contributed by atoms with van der Waals surface area (Å²) in [5, 5.41) is 0. The Hall–Kier alpha value is -1.95. The van der Waals surface area contributed by atoms with Crippen molar-refractivity contribution in [2.75, 3.05) is 32.7 Å². The lowest BCUT2D eigenvalue weighted by Crippen LogP contribution is -2.59. The molecule has 2 amide bonds. The number of aryl methyl sites for hydroxylation is 1. The van der Waals surface area contributed by atoms with Gasteiger partial charge in [-0.05, 0) is 45.2 Å². The van der Waals surface area contributed by atoms with Gasteiger partial charge >= 0.3 is 0 Å². The molecule has 6 nitrogen and oxygen atoms in total. The number of hydrogen-bond donors (Lipinski definition) is 0. The molecule has 2 aliphatic rings. The van der Waals surface area contributed by atoms with E-state index in [2.05, 4.69) is 23.7 Å². The van der Waals surface area contributed by atoms with E-state index < -0.39 is 0 Å². The summed E-state index contributed by atoms with van der Waals surface area (Å²) in [6.45, 7) is 9.93. The smallest absolute Gasteiger partial charge is 0.240 e. The number of nitrogens with zero attached hydrogens (tertiary/aromatic N) is 4. The number of hydrogen-bond acceptors (Lipinski definition) is 4. The van der Waals surface area contributed by atoms with Gasteiger partial charge in [-0.1, -0.05) is 6.07 Å². The highest BCUT2D eigenvalue weighted by Crippen LogP contribution is 2.21. The van der Waals surface area contributed by atoms with Gasteiger partial charge in [0.15, 0.2) is 0 Å². The molecule has 0 unspecified atom stereocenters. The van der Waals surface area contributed by atoms with Crippen molar-refractivity contribution in [3.05, 3.63) is 29.6 Å². The van der Waals surface area contributed by atoms with E-state index in [9.17, 15) is 9.59 Å². The Kier molecular flexibility index (Phi) is 5.91. The zero-order valence-electron chi connectivity index (χ0n) is 16.1. The van der Waals surface area contributed by atoms with E-state index in [4.69, 9.17) is 0 Å². The van der Waals surface area contributed by atoms with Crippen LogP contribution in [0.25, 0.3) is 0 Å². The van der Waals surface area contributed by atoms with Crippen molar-refractivity contribution in [3.63, 3.8) is 0 Å². The lowest BCUT2D eigenvalue weighted by Gasteiger charge is -2.43. The zero-order valence-corrected chi connectivity index (χ0v) is 16.1. The fourth-order valence-corrected chi connectivity index (χ4v) is 3.90. The second-order valence-electron chi connectivity index (χ2n) is 7.68. The molecule has 0 bridgehead atoms. The van der Waals surface area contributed by atoms with E-state index in [1.807, 2.05) is 28.9 Å². The molecule has 6 heteroatoms. The molecule has 3 rings (SSSR count). The van der Waals surface area contributed by atoms with Crippen molar-refractivity contribution >= 4 is 11.8 Å². The molecule has 3 heterocycles. The fourth-order valence-electron chi connectivity index (χ4n) is 3.90. The molecule has 1 aromatic rings. The molecule has 1 atom stereocenters. The van der Waals surface area contributed by atoms with Crippen molar-refractivity contribution in [1.82, 2.24) is 19.7 Å². The molecule has 1 aromatic heterocycles. The van der Waals surface area contributed by atoms with E-state index in [1.165, 1.54) is 0 Å². The molecule has 0 aliphatic carbocycles. The second kappa shape index (κ2) is 8.16. The summed E-state index contributed by atoms with van der Waals surface area (Å²) in [5.41, 5.74) is 1.92. The second-order valence-corrected chi connectivity index (χ2v) is 7.68. The molecule has 2 fully saturated rings. The fraction of sp³-hybridized carbons (Fsp3) is 0.650. The predicted octanol–water partition coefficient (Wildman–Crippen LogP) is 1.48. The number of rotatable bonds is 4. The number of piperidine rings is 1. The molecule has 2 aliphatic heterocycles. The van der Waals surface area contributed by atoms with Crippen LogP contribution in [0.4, 0.5) is 0 Å². The Morgan fingerprint density at radius 2 is 1.92 bits per heavy atom. The molecular formula is C20H30N4O2. The van der Waals surface area contributed by atoms with Crippen LogP contribution >= 0.6 is 0 Å². The minimum absolute atomic E-state index is 0.00954. The van der Waals surface area contributed by atoms with Gasteiger partial charge in [-0.2, -0.15) is 0 Å². The number of amides is 2. The number of carbonyl (C=O) groups is 2. The topological polar surface area (TPSA) is 56.8 Å². The quantitative estimate of drug-likeness (QED) is 0.818. The first-order valence-electron chi connectivity index (χ1n) is 9.69. The van der Waals surface area contributed by atoms with Crippen LogP contribution in [0, 0.1) is 6.92 Å². The minimum Gasteiger partial charge on any atom is -0.340 e. The van der Waals surface area contributed by atoms with E-state index in [0.29, 0.717) is 19.5 Å². The number of pyridine rings is 1. The molecule has 0 radical (unpaired) electrons. The van der Waals surface area contributed by atoms with Crippen LogP contribution in [0.3, 0.4) is 0 Å². The van der Waals surface area contributed by atoms with Gasteiger partial charge in [0.25, 0.3) is 0 Å². The average Bonchev–Trinajstić information content (AvgIpc) is 2.64. The highest BCUT2D eigenvalue weighted by Gasteiger charge is 2.36. The van der Waals surface area contributed by atoms with E-state index in [0.717, 1.165) is 43.7 Å². The summed E-state index contributed by atoms with van der Waals surface area (Å²) < 4.78 is 0. The number of likely N-dealkylation sites (tertiary alicyclic amines) is 1. The molecule has 0 N–H and O–H groups in total. The van der Waals surface area contributed by atoms with Crippen LogP contribution in [-0.4, -0.2) is 76.3 Å². The van der Waals surface area contributed by atoms with Crippen LogP contribution in [0.15, 0.2) is 18.3 Å². The van der Waals surface area contributed by atoms with E-state index in [1.54, 1.807) is 6.20 Å². The summed E-state index contributed by atoms with van der Waals surface area (Å²) in [4.78, 5) is 35.7. The van der Waals surface area contributed by atoms with Gasteiger partial charge in [-0.15, -0.1) is 0 Å². The van der Waals surface area contributed by atoms with Crippen molar-refractivity contribution in [2.24, 2.45) is 0 Å². The monoisotopic (exact) mass is 358 g/mol. The Bertz CT molecular complexity index is 636. The van der Waals surface area contributed by atoms with Crippen LogP contribution in [0.1, 0.15) is 37.9 Å². The third kappa shape index (κ3) is 4.23. The summed E-state index contributed by atoms with van der Waals surface area (Å²) in [6.07, 6.45) is 4.18. The van der Waals surface area contributed by atoms with Gasteiger partial charge < -0.3 is 9.80 Å². The van der Waals surface area contributed by atoms with Crippen molar-refractivity contribution in [1.29, 1.82) is 0 Å². The molecule has 2 saturated heterocycles. The van der Waals surface area contributed by atoms with Gasteiger partial charge in [-0.25, -0.2) is 0 Å². The number of aromatic nitrogens is 1. The standard InChI is InChI=1S/C20H30N4O2/c1-15(2)24-8-4-5-18(20(24)26)22-9-11-23(12-10-22)19(25)13-17-7-6-16(3)21-14-17/h6-7,14-15,18H,4-5,8-13H2,1-3H3/t18-/m0/s1. The Morgan fingerprint density at radius 1 is 1.19 bits per heavy atom. The summed E-state index contributed by atoms with van der Waals surface area (Å²) >= 11 is 0. The summed E-state index contributed by atoms with van der Waals surface area (Å²) in [7, 11) is 0. The van der Waals surface area contributed by atoms with E-state index >= 15 is 0 Å². The average molecular weight is 358 g/mol. The lowest BCUT2D eigenvalue weighted by molar-refractivity contribution is -0.143. The first-order valence-corrected chi connectivity index (χ1v) is 9.69. The SMILES string of the molecule is Cc1ccc(CC(=O)N2CCN([C@H]3CCCN(C(C)C)C3=O)CC2)cn1. The molecule has 0 spiro atoms. The van der Waals surface area contributed by atoms with Crippen LogP contribution < -0.4 is 0 Å². The van der Waals surface area contributed by atoms with Crippen LogP contribution in [0.2, 0.25) is 0 Å². The zero-order chi connectivity index (χ0) is 18.7. The van der Waals surface area contributed by atoms with Crippen LogP contribution in [0.5, 0.6) is 0 Å². The minimum atomic E-state index is -0.00954.